The first kappa shape index (κ1) is 19.1. The zero-order valence-electron chi connectivity index (χ0n) is 14.6. The van der Waals surface area contributed by atoms with Gasteiger partial charge < -0.3 is 5.32 Å². The van der Waals surface area contributed by atoms with E-state index in [0.717, 1.165) is 10.2 Å². The van der Waals surface area contributed by atoms with Crippen molar-refractivity contribution in [3.63, 3.8) is 0 Å². The van der Waals surface area contributed by atoms with Crippen molar-refractivity contribution in [1.29, 1.82) is 0 Å². The Labute approximate surface area is 171 Å². The number of urea groups is 1. The van der Waals surface area contributed by atoms with Gasteiger partial charge in [0.1, 0.15) is 0 Å². The van der Waals surface area contributed by atoms with Gasteiger partial charge in [0.25, 0.3) is 0 Å². The van der Waals surface area contributed by atoms with E-state index in [1.54, 1.807) is 0 Å². The highest BCUT2D eigenvalue weighted by Crippen LogP contribution is 2.27. The van der Waals surface area contributed by atoms with Gasteiger partial charge in [0.05, 0.1) is 21.3 Å². The predicted molar refractivity (Wildman–Crippen MR) is 110 cm³/mol. The topological polar surface area (TPSA) is 91.4 Å². The molecule has 0 bridgehead atoms. The number of para-hydroxylation sites is 1. The maximum atomic E-state index is 12.9. The summed E-state index contributed by atoms with van der Waals surface area (Å²) >= 11 is 7.21. The summed E-state index contributed by atoms with van der Waals surface area (Å²) in [5, 5.41) is 6.37. The SMILES string of the molecule is O=C(Nc1nc2ccccc2s1)NC1CCCN1S(=O)(=O)c1ccc(Cl)cc1. The minimum atomic E-state index is -3.72. The number of rotatable bonds is 4. The quantitative estimate of drug-likeness (QED) is 0.649. The summed E-state index contributed by atoms with van der Waals surface area (Å²) in [7, 11) is -3.72. The van der Waals surface area contributed by atoms with Crippen LogP contribution in [0.4, 0.5) is 9.93 Å². The summed E-state index contributed by atoms with van der Waals surface area (Å²) in [4.78, 5) is 16.9. The lowest BCUT2D eigenvalue weighted by molar-refractivity contribution is 0.240. The summed E-state index contributed by atoms with van der Waals surface area (Å²) in [5.41, 5.74) is 0.801. The van der Waals surface area contributed by atoms with Crippen LogP contribution in [-0.4, -0.2) is 36.4 Å². The molecule has 7 nitrogen and oxygen atoms in total. The van der Waals surface area contributed by atoms with Gasteiger partial charge in [-0.3, -0.25) is 5.32 Å². The Balaban J connectivity index is 1.47. The second-order valence-corrected chi connectivity index (χ2v) is 9.67. The molecule has 1 atom stereocenters. The molecule has 1 aliphatic heterocycles. The molecule has 2 heterocycles. The highest BCUT2D eigenvalue weighted by atomic mass is 35.5. The molecule has 0 saturated carbocycles. The Kier molecular flexibility index (Phi) is 5.24. The maximum absolute atomic E-state index is 12.9. The van der Waals surface area contributed by atoms with E-state index < -0.39 is 22.2 Å². The van der Waals surface area contributed by atoms with Gasteiger partial charge in [-0.05, 0) is 49.2 Å². The van der Waals surface area contributed by atoms with Crippen molar-refractivity contribution in [2.24, 2.45) is 0 Å². The molecule has 3 aromatic rings. The van der Waals surface area contributed by atoms with Crippen LogP contribution in [0.5, 0.6) is 0 Å². The molecular formula is C18H17ClN4O3S2. The Morgan fingerprint density at radius 1 is 1.18 bits per heavy atom. The lowest BCUT2D eigenvalue weighted by Gasteiger charge is -2.24. The van der Waals surface area contributed by atoms with Gasteiger partial charge in [0.2, 0.25) is 10.0 Å². The number of benzene rings is 2. The fourth-order valence-electron chi connectivity index (χ4n) is 3.12. The second-order valence-electron chi connectivity index (χ2n) is 6.31. The summed E-state index contributed by atoms with van der Waals surface area (Å²) in [6.45, 7) is 0.344. The van der Waals surface area contributed by atoms with Crippen molar-refractivity contribution in [2.75, 3.05) is 11.9 Å². The van der Waals surface area contributed by atoms with Crippen molar-refractivity contribution in [1.82, 2.24) is 14.6 Å². The number of carbonyl (C=O) groups is 1. The van der Waals surface area contributed by atoms with Crippen LogP contribution in [-0.2, 0) is 10.0 Å². The number of sulfonamides is 1. The van der Waals surface area contributed by atoms with Gasteiger partial charge in [-0.1, -0.05) is 35.1 Å². The van der Waals surface area contributed by atoms with Gasteiger partial charge in [-0.2, -0.15) is 4.31 Å². The van der Waals surface area contributed by atoms with Crippen LogP contribution in [0.3, 0.4) is 0 Å². The number of hydrogen-bond donors (Lipinski definition) is 2. The van der Waals surface area contributed by atoms with E-state index in [1.807, 2.05) is 24.3 Å². The zero-order chi connectivity index (χ0) is 19.7. The van der Waals surface area contributed by atoms with E-state index >= 15 is 0 Å². The first-order chi connectivity index (χ1) is 13.4. The number of nitrogens with zero attached hydrogens (tertiary/aromatic N) is 2. The van der Waals surface area contributed by atoms with Crippen LogP contribution < -0.4 is 10.6 Å². The first-order valence-electron chi connectivity index (χ1n) is 8.64. The van der Waals surface area contributed by atoms with Gasteiger partial charge in [0, 0.05) is 11.6 Å². The Morgan fingerprint density at radius 3 is 2.68 bits per heavy atom. The normalized spacial score (nSPS) is 17.7. The maximum Gasteiger partial charge on any atom is 0.322 e. The molecular weight excluding hydrogens is 420 g/mol. The predicted octanol–water partition coefficient (Wildman–Crippen LogP) is 3.88. The summed E-state index contributed by atoms with van der Waals surface area (Å²) < 4.78 is 28.1. The fraction of sp³-hybridized carbons (Fsp3) is 0.222. The van der Waals surface area contributed by atoms with Crippen LogP contribution in [0.2, 0.25) is 5.02 Å². The standard InChI is InChI=1S/C18H17ClN4O3S2/c19-12-7-9-13(10-8-12)28(25,26)23-11-3-6-16(23)21-17(24)22-18-20-14-4-1-2-5-15(14)27-18/h1-2,4-5,7-10,16H,3,6,11H2,(H2,20,21,22,24). The third kappa shape index (κ3) is 3.83. The van der Waals surface area contributed by atoms with Crippen LogP contribution in [0.15, 0.2) is 53.4 Å². The van der Waals surface area contributed by atoms with Crippen LogP contribution in [0.1, 0.15) is 12.8 Å². The molecule has 2 aromatic carbocycles. The van der Waals surface area contributed by atoms with Crippen LogP contribution >= 0.6 is 22.9 Å². The summed E-state index contributed by atoms with van der Waals surface area (Å²) in [5.74, 6) is 0. The highest BCUT2D eigenvalue weighted by Gasteiger charge is 2.36. The van der Waals surface area contributed by atoms with E-state index in [4.69, 9.17) is 11.6 Å². The molecule has 146 valence electrons. The van der Waals surface area contributed by atoms with Crippen molar-refractivity contribution in [2.45, 2.75) is 23.9 Å². The van der Waals surface area contributed by atoms with Crippen molar-refractivity contribution < 1.29 is 13.2 Å². The Bertz CT molecular complexity index is 1080. The number of carbonyl (C=O) groups excluding carboxylic acids is 1. The third-order valence-electron chi connectivity index (χ3n) is 4.44. The van der Waals surface area contributed by atoms with E-state index in [9.17, 15) is 13.2 Å². The lowest BCUT2D eigenvalue weighted by Crippen LogP contribution is -2.48. The van der Waals surface area contributed by atoms with E-state index in [1.165, 1.54) is 39.9 Å². The number of thiazole rings is 1. The number of amides is 2. The Hall–Kier alpha value is -2.20. The molecule has 2 amide bonds. The lowest BCUT2D eigenvalue weighted by atomic mass is 10.3. The molecule has 1 aromatic heterocycles. The number of aromatic nitrogens is 1. The molecule has 1 fully saturated rings. The van der Waals surface area contributed by atoms with Gasteiger partial charge in [0.15, 0.2) is 5.13 Å². The molecule has 28 heavy (non-hydrogen) atoms. The zero-order valence-corrected chi connectivity index (χ0v) is 17.0. The van der Waals surface area contributed by atoms with E-state index in [0.29, 0.717) is 29.5 Å². The van der Waals surface area contributed by atoms with E-state index in [-0.39, 0.29) is 4.90 Å². The molecule has 1 unspecified atom stereocenters. The molecule has 1 saturated heterocycles. The molecule has 10 heteroatoms. The van der Waals surface area contributed by atoms with Gasteiger partial charge in [-0.15, -0.1) is 0 Å². The largest absolute Gasteiger partial charge is 0.322 e. The smallest absolute Gasteiger partial charge is 0.321 e. The average molecular weight is 437 g/mol. The summed E-state index contributed by atoms with van der Waals surface area (Å²) in [6.07, 6.45) is 0.592. The van der Waals surface area contributed by atoms with Gasteiger partial charge >= 0.3 is 6.03 Å². The number of fused-ring (bicyclic) bond motifs is 1. The fourth-order valence-corrected chi connectivity index (χ4v) is 5.72. The minimum absolute atomic E-state index is 0.150. The minimum Gasteiger partial charge on any atom is -0.321 e. The van der Waals surface area contributed by atoms with Crippen molar-refractivity contribution >= 4 is 54.3 Å². The number of nitrogens with one attached hydrogen (secondary N) is 2. The monoisotopic (exact) mass is 436 g/mol. The molecule has 0 aliphatic carbocycles. The van der Waals surface area contributed by atoms with E-state index in [2.05, 4.69) is 15.6 Å². The van der Waals surface area contributed by atoms with Crippen molar-refractivity contribution in [3.05, 3.63) is 53.6 Å². The summed E-state index contributed by atoms with van der Waals surface area (Å²) in [6, 6.07) is 13.1. The van der Waals surface area contributed by atoms with Crippen LogP contribution in [0.25, 0.3) is 10.2 Å². The number of anilines is 1. The number of hydrogen-bond acceptors (Lipinski definition) is 5. The van der Waals surface area contributed by atoms with Crippen LogP contribution in [0, 0.1) is 0 Å². The molecule has 1 aliphatic rings. The number of halogens is 1. The highest BCUT2D eigenvalue weighted by molar-refractivity contribution is 7.89. The molecule has 0 radical (unpaired) electrons. The Morgan fingerprint density at radius 2 is 1.93 bits per heavy atom. The molecule has 0 spiro atoms. The second kappa shape index (κ2) is 7.67. The molecule has 4 rings (SSSR count). The molecule has 2 N–H and O–H groups in total. The third-order valence-corrected chi connectivity index (χ3v) is 7.56. The van der Waals surface area contributed by atoms with Crippen molar-refractivity contribution in [3.8, 4) is 0 Å². The average Bonchev–Trinajstić information content (AvgIpc) is 3.28. The first-order valence-corrected chi connectivity index (χ1v) is 11.3. The van der Waals surface area contributed by atoms with Gasteiger partial charge in [-0.25, -0.2) is 18.2 Å².